The van der Waals surface area contributed by atoms with Gasteiger partial charge in [-0.2, -0.15) is 0 Å². The maximum atomic E-state index is 11.0. The molecule has 1 rings (SSSR count). The lowest BCUT2D eigenvalue weighted by Gasteiger charge is -2.00. The van der Waals surface area contributed by atoms with Crippen molar-refractivity contribution in [3.8, 4) is 0 Å². The molecule has 1 fully saturated rings. The molecule has 0 aromatic heterocycles. The van der Waals surface area contributed by atoms with Crippen LogP contribution in [-0.2, 0) is 9.63 Å². The van der Waals surface area contributed by atoms with Gasteiger partial charge in [-0.3, -0.25) is 4.79 Å². The van der Waals surface area contributed by atoms with E-state index in [4.69, 9.17) is 9.94 Å². The van der Waals surface area contributed by atoms with Gasteiger partial charge in [-0.1, -0.05) is 25.1 Å². The van der Waals surface area contributed by atoms with Crippen LogP contribution in [0.2, 0.25) is 0 Å². The highest BCUT2D eigenvalue weighted by Gasteiger charge is 2.60. The molecule has 17 heavy (non-hydrogen) atoms. The zero-order chi connectivity index (χ0) is 13.2. The summed E-state index contributed by atoms with van der Waals surface area (Å²) in [6, 6.07) is 0. The molecule has 1 aliphatic carbocycles. The molecule has 4 heteroatoms. The predicted octanol–water partition coefficient (Wildman–Crippen LogP) is 2.70. The minimum Gasteiger partial charge on any atom is -0.481 e. The lowest BCUT2D eigenvalue weighted by molar-refractivity contribution is -0.139. The Morgan fingerprint density at radius 3 is 2.47 bits per heavy atom. The number of oxime groups is 1. The maximum absolute atomic E-state index is 11.0. The number of carbonyl (C=O) groups is 1. The highest BCUT2D eigenvalue weighted by atomic mass is 16.6. The molecule has 1 N–H and O–H groups in total. The Morgan fingerprint density at radius 1 is 1.47 bits per heavy atom. The Morgan fingerprint density at radius 2 is 2.06 bits per heavy atom. The summed E-state index contributed by atoms with van der Waals surface area (Å²) in [4.78, 5) is 16.0. The van der Waals surface area contributed by atoms with E-state index < -0.39 is 5.97 Å². The highest BCUT2D eigenvalue weighted by molar-refractivity contribution is 5.80. The Labute approximate surface area is 102 Å². The van der Waals surface area contributed by atoms with E-state index in [1.165, 1.54) is 0 Å². The summed E-state index contributed by atoms with van der Waals surface area (Å²) < 4.78 is 0. The smallest absolute Gasteiger partial charge is 0.307 e. The van der Waals surface area contributed by atoms with Crippen LogP contribution >= 0.6 is 0 Å². The van der Waals surface area contributed by atoms with E-state index in [1.54, 1.807) is 6.21 Å². The third-order valence-electron chi connectivity index (χ3n) is 3.15. The van der Waals surface area contributed by atoms with Crippen LogP contribution in [0.4, 0.5) is 0 Å². The van der Waals surface area contributed by atoms with Gasteiger partial charge >= 0.3 is 5.97 Å². The lowest BCUT2D eigenvalue weighted by atomic mass is 10.1. The standard InChI is InChI=1S/C13H21NO3/c1-8(2)17-14-7-9(3)6-10-11(12(15)16)13(10,4)5/h6-8,10-11H,1-5H3,(H,15,16)/b9-6+,14-7?/t10-,11+/m1/s1. The van der Waals surface area contributed by atoms with Gasteiger partial charge in [0.15, 0.2) is 0 Å². The van der Waals surface area contributed by atoms with Crippen LogP contribution in [0, 0.1) is 17.3 Å². The number of carboxylic acid groups (broad SMARTS) is 1. The van der Waals surface area contributed by atoms with E-state index in [0.717, 1.165) is 5.57 Å². The summed E-state index contributed by atoms with van der Waals surface area (Å²) in [6.07, 6.45) is 3.66. The van der Waals surface area contributed by atoms with Crippen molar-refractivity contribution in [3.63, 3.8) is 0 Å². The van der Waals surface area contributed by atoms with Crippen LogP contribution in [0.5, 0.6) is 0 Å². The number of rotatable bonds is 5. The van der Waals surface area contributed by atoms with E-state index in [9.17, 15) is 4.79 Å². The first kappa shape index (κ1) is 13.7. The van der Waals surface area contributed by atoms with Crippen molar-refractivity contribution in [1.29, 1.82) is 0 Å². The van der Waals surface area contributed by atoms with Gasteiger partial charge in [-0.15, -0.1) is 0 Å². The highest BCUT2D eigenvalue weighted by Crippen LogP contribution is 2.59. The van der Waals surface area contributed by atoms with Crippen LogP contribution in [0.1, 0.15) is 34.6 Å². The molecule has 0 radical (unpaired) electrons. The van der Waals surface area contributed by atoms with Crippen LogP contribution in [-0.4, -0.2) is 23.4 Å². The van der Waals surface area contributed by atoms with E-state index in [-0.39, 0.29) is 23.4 Å². The van der Waals surface area contributed by atoms with E-state index in [1.807, 2.05) is 40.7 Å². The largest absolute Gasteiger partial charge is 0.481 e. The number of carboxylic acids is 1. The third-order valence-corrected chi connectivity index (χ3v) is 3.15. The number of aliphatic carboxylic acids is 1. The first-order valence-electron chi connectivity index (χ1n) is 5.87. The molecular formula is C13H21NO3. The molecule has 0 bridgehead atoms. The van der Waals surface area contributed by atoms with Gasteiger partial charge in [0.1, 0.15) is 6.10 Å². The predicted molar refractivity (Wildman–Crippen MR) is 66.9 cm³/mol. The number of hydrogen-bond donors (Lipinski definition) is 1. The Bertz CT molecular complexity index is 356. The van der Waals surface area contributed by atoms with Crippen LogP contribution < -0.4 is 0 Å². The summed E-state index contributed by atoms with van der Waals surface area (Å²) in [5, 5.41) is 12.9. The SMILES string of the molecule is C/C(C=NOC(C)C)=C\[C@@H]1[C@@H](C(=O)O)C1(C)C. The van der Waals surface area contributed by atoms with Crippen molar-refractivity contribution in [1.82, 2.24) is 0 Å². The quantitative estimate of drug-likeness (QED) is 0.592. The lowest BCUT2D eigenvalue weighted by Crippen LogP contribution is -2.03. The van der Waals surface area contributed by atoms with E-state index >= 15 is 0 Å². The minimum atomic E-state index is -0.723. The average Bonchev–Trinajstić information content (AvgIpc) is 2.67. The maximum Gasteiger partial charge on any atom is 0.307 e. The van der Waals surface area contributed by atoms with Gasteiger partial charge < -0.3 is 9.94 Å². The summed E-state index contributed by atoms with van der Waals surface area (Å²) in [7, 11) is 0. The molecule has 0 aromatic rings. The van der Waals surface area contributed by atoms with Gasteiger partial charge in [0, 0.05) is 0 Å². The zero-order valence-electron chi connectivity index (χ0n) is 11.1. The van der Waals surface area contributed by atoms with Gasteiger partial charge in [0.25, 0.3) is 0 Å². The minimum absolute atomic E-state index is 0.0585. The molecule has 0 saturated heterocycles. The number of allylic oxidation sites excluding steroid dienone is 2. The average molecular weight is 239 g/mol. The molecule has 0 aromatic carbocycles. The Hall–Kier alpha value is -1.32. The second-order valence-electron chi connectivity index (χ2n) is 5.46. The first-order chi connectivity index (χ1) is 7.76. The van der Waals surface area contributed by atoms with Crippen LogP contribution in [0.3, 0.4) is 0 Å². The third kappa shape index (κ3) is 3.32. The van der Waals surface area contributed by atoms with Crippen LogP contribution in [0.25, 0.3) is 0 Å². The van der Waals surface area contributed by atoms with Crippen molar-refractivity contribution in [2.45, 2.75) is 40.7 Å². The summed E-state index contributed by atoms with van der Waals surface area (Å²) in [5.41, 5.74) is 0.785. The Kier molecular flexibility index (Phi) is 3.96. The first-order valence-corrected chi connectivity index (χ1v) is 5.87. The van der Waals surface area contributed by atoms with Gasteiger partial charge in [0.05, 0.1) is 12.1 Å². The fourth-order valence-corrected chi connectivity index (χ4v) is 2.02. The molecule has 0 spiro atoms. The number of hydrogen-bond acceptors (Lipinski definition) is 3. The molecule has 0 amide bonds. The monoisotopic (exact) mass is 239 g/mol. The van der Waals surface area contributed by atoms with Crippen molar-refractivity contribution >= 4 is 12.2 Å². The topological polar surface area (TPSA) is 58.9 Å². The molecule has 96 valence electrons. The summed E-state index contributed by atoms with van der Waals surface area (Å²) in [5.74, 6) is -0.915. The fraction of sp³-hybridized carbons (Fsp3) is 0.692. The van der Waals surface area contributed by atoms with Crippen molar-refractivity contribution in [2.24, 2.45) is 22.4 Å². The summed E-state index contributed by atoms with van der Waals surface area (Å²) in [6.45, 7) is 9.66. The van der Waals surface area contributed by atoms with Gasteiger partial charge in [-0.25, -0.2) is 0 Å². The molecule has 0 unspecified atom stereocenters. The molecule has 1 saturated carbocycles. The zero-order valence-corrected chi connectivity index (χ0v) is 11.1. The molecule has 0 heterocycles. The number of nitrogens with zero attached hydrogens (tertiary/aromatic N) is 1. The van der Waals surface area contributed by atoms with Crippen molar-refractivity contribution in [2.75, 3.05) is 0 Å². The molecule has 2 atom stereocenters. The van der Waals surface area contributed by atoms with Gasteiger partial charge in [-0.05, 0) is 37.7 Å². The molecular weight excluding hydrogens is 218 g/mol. The second kappa shape index (κ2) is 4.90. The second-order valence-corrected chi connectivity index (χ2v) is 5.46. The van der Waals surface area contributed by atoms with Crippen molar-refractivity contribution in [3.05, 3.63) is 11.6 Å². The summed E-state index contributed by atoms with van der Waals surface area (Å²) >= 11 is 0. The van der Waals surface area contributed by atoms with Gasteiger partial charge in [0.2, 0.25) is 0 Å². The normalized spacial score (nSPS) is 27.5. The fourth-order valence-electron chi connectivity index (χ4n) is 2.02. The molecule has 4 nitrogen and oxygen atoms in total. The Balaban J connectivity index is 2.59. The van der Waals surface area contributed by atoms with E-state index in [2.05, 4.69) is 5.16 Å². The molecule has 0 aliphatic heterocycles. The van der Waals surface area contributed by atoms with E-state index in [0.29, 0.717) is 0 Å². The van der Waals surface area contributed by atoms with Crippen molar-refractivity contribution < 1.29 is 14.7 Å². The molecule has 1 aliphatic rings. The van der Waals surface area contributed by atoms with Crippen LogP contribution in [0.15, 0.2) is 16.8 Å².